The highest BCUT2D eigenvalue weighted by Crippen LogP contribution is 2.36. The van der Waals surface area contributed by atoms with Crippen LogP contribution in [-0.2, 0) is 11.2 Å². The average Bonchev–Trinajstić information content (AvgIpc) is 2.45. The summed E-state index contributed by atoms with van der Waals surface area (Å²) in [6.45, 7) is 0.802. The van der Waals surface area contributed by atoms with Crippen molar-refractivity contribution in [1.29, 1.82) is 0 Å². The van der Waals surface area contributed by atoms with Crippen molar-refractivity contribution in [2.75, 3.05) is 13.7 Å². The molecule has 0 radical (unpaired) electrons. The van der Waals surface area contributed by atoms with Gasteiger partial charge in [0.25, 0.3) is 0 Å². The maximum Gasteiger partial charge on any atom is 0.223 e. The number of amides is 1. The number of carbonyl (C=O) groups is 1. The smallest absolute Gasteiger partial charge is 0.223 e. The third kappa shape index (κ3) is 3.22. The standard InChI is InChI=1S/C18H25NO2/c1-21-16-9-8-13-4-2-5-14(17(13)12-16)10-11-19-18(20)15-6-3-7-15/h8-9,12,14-15H,2-7,10-11H2,1H3,(H,19,20). The predicted octanol–water partition coefficient (Wildman–Crippen LogP) is 3.42. The lowest BCUT2D eigenvalue weighted by molar-refractivity contribution is -0.127. The number of rotatable bonds is 5. The van der Waals surface area contributed by atoms with Crippen molar-refractivity contribution in [1.82, 2.24) is 5.32 Å². The van der Waals surface area contributed by atoms with Crippen molar-refractivity contribution in [2.24, 2.45) is 5.92 Å². The summed E-state index contributed by atoms with van der Waals surface area (Å²) >= 11 is 0. The summed E-state index contributed by atoms with van der Waals surface area (Å²) in [5.74, 6) is 2.07. The van der Waals surface area contributed by atoms with Crippen molar-refractivity contribution in [2.45, 2.75) is 50.9 Å². The second-order valence-corrected chi connectivity index (χ2v) is 6.36. The fourth-order valence-corrected chi connectivity index (χ4v) is 3.49. The average molecular weight is 287 g/mol. The Morgan fingerprint density at radius 3 is 2.86 bits per heavy atom. The quantitative estimate of drug-likeness (QED) is 0.901. The molecular weight excluding hydrogens is 262 g/mol. The van der Waals surface area contributed by atoms with E-state index in [1.54, 1.807) is 7.11 Å². The van der Waals surface area contributed by atoms with Gasteiger partial charge in [0.05, 0.1) is 7.11 Å². The minimum atomic E-state index is 0.267. The molecule has 2 aliphatic rings. The van der Waals surface area contributed by atoms with Crippen LogP contribution in [0.4, 0.5) is 0 Å². The fraction of sp³-hybridized carbons (Fsp3) is 0.611. The van der Waals surface area contributed by atoms with Crippen molar-refractivity contribution in [3.05, 3.63) is 29.3 Å². The lowest BCUT2D eigenvalue weighted by Crippen LogP contribution is -2.35. The maximum atomic E-state index is 11.9. The van der Waals surface area contributed by atoms with Gasteiger partial charge in [-0.05, 0) is 67.7 Å². The largest absolute Gasteiger partial charge is 0.497 e. The van der Waals surface area contributed by atoms with Crippen molar-refractivity contribution < 1.29 is 9.53 Å². The molecule has 0 saturated heterocycles. The zero-order valence-electron chi connectivity index (χ0n) is 12.9. The molecule has 3 heteroatoms. The topological polar surface area (TPSA) is 38.3 Å². The van der Waals surface area contributed by atoms with Gasteiger partial charge in [-0.2, -0.15) is 0 Å². The van der Waals surface area contributed by atoms with Gasteiger partial charge < -0.3 is 10.1 Å². The Labute approximate surface area is 127 Å². The molecular formula is C18H25NO2. The Hall–Kier alpha value is -1.51. The van der Waals surface area contributed by atoms with E-state index in [9.17, 15) is 4.79 Å². The summed E-state index contributed by atoms with van der Waals surface area (Å²) in [5, 5.41) is 3.12. The maximum absolute atomic E-state index is 11.9. The molecule has 1 N–H and O–H groups in total. The third-order valence-electron chi connectivity index (χ3n) is 5.06. The summed E-state index contributed by atoms with van der Waals surface area (Å²) in [6.07, 6.45) is 8.06. The van der Waals surface area contributed by atoms with Gasteiger partial charge in [0.15, 0.2) is 0 Å². The molecule has 0 heterocycles. The van der Waals surface area contributed by atoms with Gasteiger partial charge in [-0.15, -0.1) is 0 Å². The number of ether oxygens (including phenoxy) is 1. The van der Waals surface area contributed by atoms with E-state index >= 15 is 0 Å². The lowest BCUT2D eigenvalue weighted by Gasteiger charge is -2.27. The summed E-state index contributed by atoms with van der Waals surface area (Å²) < 4.78 is 5.36. The van der Waals surface area contributed by atoms with Crippen molar-refractivity contribution in [3.63, 3.8) is 0 Å². The van der Waals surface area contributed by atoms with Gasteiger partial charge in [0.2, 0.25) is 5.91 Å². The van der Waals surface area contributed by atoms with Crippen LogP contribution in [0.25, 0.3) is 0 Å². The zero-order chi connectivity index (χ0) is 14.7. The normalized spacial score (nSPS) is 21.3. The molecule has 1 amide bonds. The van der Waals surface area contributed by atoms with E-state index < -0.39 is 0 Å². The van der Waals surface area contributed by atoms with Gasteiger partial charge in [-0.25, -0.2) is 0 Å². The number of aryl methyl sites for hydroxylation is 1. The van der Waals surface area contributed by atoms with E-state index in [0.29, 0.717) is 11.8 Å². The van der Waals surface area contributed by atoms with Crippen LogP contribution in [-0.4, -0.2) is 19.6 Å². The van der Waals surface area contributed by atoms with Crippen LogP contribution in [0.2, 0.25) is 0 Å². The molecule has 3 rings (SSSR count). The molecule has 0 bridgehead atoms. The highest BCUT2D eigenvalue weighted by Gasteiger charge is 2.25. The molecule has 114 valence electrons. The Balaban J connectivity index is 1.58. The Kier molecular flexibility index (Phi) is 4.47. The molecule has 0 spiro atoms. The minimum absolute atomic E-state index is 0.267. The Morgan fingerprint density at radius 1 is 1.29 bits per heavy atom. The first kappa shape index (κ1) is 14.4. The number of hydrogen-bond acceptors (Lipinski definition) is 2. The number of nitrogens with one attached hydrogen (secondary N) is 1. The Bertz CT molecular complexity index is 508. The molecule has 1 atom stereocenters. The van der Waals surface area contributed by atoms with Crippen molar-refractivity contribution >= 4 is 5.91 Å². The van der Waals surface area contributed by atoms with Crippen LogP contribution in [0, 0.1) is 5.92 Å². The molecule has 3 nitrogen and oxygen atoms in total. The van der Waals surface area contributed by atoms with E-state index in [-0.39, 0.29) is 5.91 Å². The highest BCUT2D eigenvalue weighted by molar-refractivity contribution is 5.79. The van der Waals surface area contributed by atoms with E-state index in [0.717, 1.165) is 31.6 Å². The number of carbonyl (C=O) groups excluding carboxylic acids is 1. The second kappa shape index (κ2) is 6.50. The number of hydrogen-bond donors (Lipinski definition) is 1. The first-order valence-corrected chi connectivity index (χ1v) is 8.22. The van der Waals surface area contributed by atoms with Crippen LogP contribution in [0.1, 0.15) is 55.6 Å². The number of fused-ring (bicyclic) bond motifs is 1. The van der Waals surface area contributed by atoms with Gasteiger partial charge >= 0.3 is 0 Å². The molecule has 1 aromatic rings. The van der Waals surface area contributed by atoms with Gasteiger partial charge in [0, 0.05) is 12.5 Å². The molecule has 1 unspecified atom stereocenters. The molecule has 1 saturated carbocycles. The molecule has 21 heavy (non-hydrogen) atoms. The molecule has 0 aliphatic heterocycles. The van der Waals surface area contributed by atoms with E-state index in [4.69, 9.17) is 4.74 Å². The first-order valence-electron chi connectivity index (χ1n) is 8.22. The zero-order valence-corrected chi connectivity index (χ0v) is 12.9. The lowest BCUT2D eigenvalue weighted by atomic mass is 9.81. The molecule has 2 aliphatic carbocycles. The number of methoxy groups -OCH3 is 1. The van der Waals surface area contributed by atoms with Crippen molar-refractivity contribution in [3.8, 4) is 5.75 Å². The highest BCUT2D eigenvalue weighted by atomic mass is 16.5. The summed E-state index contributed by atoms with van der Waals surface area (Å²) in [4.78, 5) is 11.9. The molecule has 1 aromatic carbocycles. The number of benzene rings is 1. The van der Waals surface area contributed by atoms with Crippen LogP contribution in [0.5, 0.6) is 5.75 Å². The second-order valence-electron chi connectivity index (χ2n) is 6.36. The summed E-state index contributed by atoms with van der Waals surface area (Å²) in [5.41, 5.74) is 2.89. The predicted molar refractivity (Wildman–Crippen MR) is 83.6 cm³/mol. The summed E-state index contributed by atoms with van der Waals surface area (Å²) in [7, 11) is 1.72. The van der Waals surface area contributed by atoms with Crippen LogP contribution >= 0.6 is 0 Å². The summed E-state index contributed by atoms with van der Waals surface area (Å²) in [6, 6.07) is 6.44. The first-order chi connectivity index (χ1) is 10.3. The third-order valence-corrected chi connectivity index (χ3v) is 5.06. The monoisotopic (exact) mass is 287 g/mol. The van der Waals surface area contributed by atoms with Crippen LogP contribution in [0.15, 0.2) is 18.2 Å². The van der Waals surface area contributed by atoms with E-state index in [2.05, 4.69) is 23.5 Å². The van der Waals surface area contributed by atoms with Crippen LogP contribution in [0.3, 0.4) is 0 Å². The van der Waals surface area contributed by atoms with Gasteiger partial charge in [-0.1, -0.05) is 12.5 Å². The molecule has 1 fully saturated rings. The van der Waals surface area contributed by atoms with E-state index in [1.165, 1.54) is 36.8 Å². The fourth-order valence-electron chi connectivity index (χ4n) is 3.49. The minimum Gasteiger partial charge on any atom is -0.497 e. The SMILES string of the molecule is COc1ccc2c(c1)C(CCNC(=O)C1CCC1)CCC2. The Morgan fingerprint density at radius 2 is 2.14 bits per heavy atom. The van der Waals surface area contributed by atoms with E-state index in [1.807, 2.05) is 0 Å². The van der Waals surface area contributed by atoms with Gasteiger partial charge in [0.1, 0.15) is 5.75 Å². The molecule has 0 aromatic heterocycles. The van der Waals surface area contributed by atoms with Crippen LogP contribution < -0.4 is 10.1 Å². The van der Waals surface area contributed by atoms with Gasteiger partial charge in [-0.3, -0.25) is 4.79 Å².